The van der Waals surface area contributed by atoms with Gasteiger partial charge in [-0.05, 0) is 32.4 Å². The van der Waals surface area contributed by atoms with Crippen molar-refractivity contribution in [2.75, 3.05) is 6.61 Å². The van der Waals surface area contributed by atoms with E-state index in [4.69, 9.17) is 4.74 Å². The SMILES string of the molecule is CC1=CC(C)(C(C)O)OC1. The van der Waals surface area contributed by atoms with Gasteiger partial charge in [-0.2, -0.15) is 0 Å². The Hall–Kier alpha value is -0.340. The van der Waals surface area contributed by atoms with Crippen LogP contribution in [0.25, 0.3) is 0 Å². The van der Waals surface area contributed by atoms with Crippen molar-refractivity contribution in [3.8, 4) is 0 Å². The molecule has 0 aromatic heterocycles. The highest BCUT2D eigenvalue weighted by Gasteiger charge is 2.32. The summed E-state index contributed by atoms with van der Waals surface area (Å²) < 4.78 is 5.37. The normalized spacial score (nSPS) is 35.8. The van der Waals surface area contributed by atoms with E-state index in [-0.39, 0.29) is 0 Å². The monoisotopic (exact) mass is 142 g/mol. The van der Waals surface area contributed by atoms with Crippen LogP contribution in [-0.2, 0) is 4.74 Å². The van der Waals surface area contributed by atoms with Crippen LogP contribution in [0.15, 0.2) is 11.6 Å². The van der Waals surface area contributed by atoms with Crippen LogP contribution in [0.3, 0.4) is 0 Å². The molecule has 2 heteroatoms. The zero-order valence-corrected chi connectivity index (χ0v) is 6.72. The first-order valence-electron chi connectivity index (χ1n) is 3.55. The molecule has 0 spiro atoms. The molecule has 1 aliphatic heterocycles. The maximum atomic E-state index is 9.26. The maximum Gasteiger partial charge on any atom is 0.110 e. The lowest BCUT2D eigenvalue weighted by Gasteiger charge is -2.24. The summed E-state index contributed by atoms with van der Waals surface area (Å²) in [6, 6.07) is 0. The van der Waals surface area contributed by atoms with Gasteiger partial charge in [0.15, 0.2) is 0 Å². The van der Waals surface area contributed by atoms with Crippen LogP contribution in [0.5, 0.6) is 0 Å². The fourth-order valence-corrected chi connectivity index (χ4v) is 1.08. The summed E-state index contributed by atoms with van der Waals surface area (Å²) in [5, 5.41) is 9.26. The van der Waals surface area contributed by atoms with Crippen molar-refractivity contribution in [1.82, 2.24) is 0 Å². The Morgan fingerprint density at radius 1 is 1.80 bits per heavy atom. The lowest BCUT2D eigenvalue weighted by Crippen LogP contribution is -2.35. The Kier molecular flexibility index (Phi) is 1.84. The minimum atomic E-state index is -0.440. The van der Waals surface area contributed by atoms with Crippen molar-refractivity contribution in [1.29, 1.82) is 0 Å². The first kappa shape index (κ1) is 7.76. The predicted molar refractivity (Wildman–Crippen MR) is 39.8 cm³/mol. The molecule has 0 aliphatic carbocycles. The van der Waals surface area contributed by atoms with Crippen molar-refractivity contribution >= 4 is 0 Å². The summed E-state index contributed by atoms with van der Waals surface area (Å²) in [5.41, 5.74) is 0.757. The van der Waals surface area contributed by atoms with Gasteiger partial charge < -0.3 is 9.84 Å². The maximum absolute atomic E-state index is 9.26. The Morgan fingerprint density at radius 3 is 2.60 bits per heavy atom. The van der Waals surface area contributed by atoms with Crippen molar-refractivity contribution in [3.05, 3.63) is 11.6 Å². The Balaban J connectivity index is 2.72. The fraction of sp³-hybridized carbons (Fsp3) is 0.750. The summed E-state index contributed by atoms with van der Waals surface area (Å²) in [5.74, 6) is 0. The van der Waals surface area contributed by atoms with Crippen LogP contribution in [0.1, 0.15) is 20.8 Å². The Bertz CT molecular complexity index is 161. The molecule has 1 aliphatic rings. The van der Waals surface area contributed by atoms with Gasteiger partial charge in [-0.25, -0.2) is 0 Å². The van der Waals surface area contributed by atoms with E-state index in [9.17, 15) is 5.11 Å². The van der Waals surface area contributed by atoms with Crippen LogP contribution >= 0.6 is 0 Å². The number of hydrogen-bond donors (Lipinski definition) is 1. The largest absolute Gasteiger partial charge is 0.390 e. The van der Waals surface area contributed by atoms with E-state index in [0.29, 0.717) is 6.61 Å². The molecule has 0 bridgehead atoms. The zero-order chi connectivity index (χ0) is 7.78. The van der Waals surface area contributed by atoms with Gasteiger partial charge in [0.25, 0.3) is 0 Å². The van der Waals surface area contributed by atoms with Gasteiger partial charge in [-0.1, -0.05) is 0 Å². The first-order valence-corrected chi connectivity index (χ1v) is 3.55. The second-order valence-electron chi connectivity index (χ2n) is 3.14. The van der Waals surface area contributed by atoms with Gasteiger partial charge in [-0.15, -0.1) is 0 Å². The van der Waals surface area contributed by atoms with E-state index in [1.165, 1.54) is 5.57 Å². The number of aliphatic hydroxyl groups is 1. The molecule has 2 atom stereocenters. The van der Waals surface area contributed by atoms with Crippen LogP contribution < -0.4 is 0 Å². The third-order valence-electron chi connectivity index (χ3n) is 1.97. The molecule has 1 N–H and O–H groups in total. The van der Waals surface area contributed by atoms with Crippen molar-refractivity contribution in [2.45, 2.75) is 32.5 Å². The van der Waals surface area contributed by atoms with Gasteiger partial charge in [0.2, 0.25) is 0 Å². The summed E-state index contributed by atoms with van der Waals surface area (Å²) in [7, 11) is 0. The average molecular weight is 142 g/mol. The summed E-state index contributed by atoms with van der Waals surface area (Å²) >= 11 is 0. The molecule has 2 unspecified atom stereocenters. The van der Waals surface area contributed by atoms with E-state index in [1.54, 1.807) is 6.92 Å². The Labute approximate surface area is 61.5 Å². The minimum Gasteiger partial charge on any atom is -0.390 e. The number of ether oxygens (including phenoxy) is 1. The molecule has 0 fully saturated rings. The van der Waals surface area contributed by atoms with Gasteiger partial charge in [0.1, 0.15) is 5.60 Å². The zero-order valence-electron chi connectivity index (χ0n) is 6.72. The first-order chi connectivity index (χ1) is 4.54. The summed E-state index contributed by atoms with van der Waals surface area (Å²) in [6.07, 6.45) is 1.56. The average Bonchev–Trinajstić information content (AvgIpc) is 2.13. The van der Waals surface area contributed by atoms with E-state index in [1.807, 2.05) is 19.9 Å². The van der Waals surface area contributed by atoms with E-state index >= 15 is 0 Å². The standard InChI is InChI=1S/C8H14O2/c1-6-4-8(3,7(2)9)10-5-6/h4,7,9H,5H2,1-3H3. The third kappa shape index (κ3) is 1.22. The second kappa shape index (κ2) is 2.36. The summed E-state index contributed by atoms with van der Waals surface area (Å²) in [6.45, 7) is 6.30. The second-order valence-corrected chi connectivity index (χ2v) is 3.14. The molecule has 1 rings (SSSR count). The molecular formula is C8H14O2. The highest BCUT2D eigenvalue weighted by Crippen LogP contribution is 2.25. The molecule has 0 amide bonds. The molecule has 0 saturated heterocycles. The topological polar surface area (TPSA) is 29.5 Å². The molecule has 2 nitrogen and oxygen atoms in total. The van der Waals surface area contributed by atoms with Crippen LogP contribution in [0.2, 0.25) is 0 Å². The lowest BCUT2D eigenvalue weighted by molar-refractivity contribution is -0.0505. The smallest absolute Gasteiger partial charge is 0.110 e. The van der Waals surface area contributed by atoms with Crippen molar-refractivity contribution in [2.24, 2.45) is 0 Å². The van der Waals surface area contributed by atoms with Crippen molar-refractivity contribution in [3.63, 3.8) is 0 Å². The Morgan fingerprint density at radius 2 is 2.40 bits per heavy atom. The van der Waals surface area contributed by atoms with Gasteiger partial charge in [-0.3, -0.25) is 0 Å². The lowest BCUT2D eigenvalue weighted by atomic mass is 10.0. The van der Waals surface area contributed by atoms with Gasteiger partial charge in [0.05, 0.1) is 12.7 Å². The molecule has 0 aromatic rings. The van der Waals surface area contributed by atoms with Gasteiger partial charge in [0, 0.05) is 0 Å². The van der Waals surface area contributed by atoms with Crippen molar-refractivity contribution < 1.29 is 9.84 Å². The highest BCUT2D eigenvalue weighted by atomic mass is 16.5. The van der Waals surface area contributed by atoms with E-state index in [2.05, 4.69) is 0 Å². The predicted octanol–water partition coefficient (Wildman–Crippen LogP) is 1.10. The van der Waals surface area contributed by atoms with Gasteiger partial charge >= 0.3 is 0 Å². The number of hydrogen-bond acceptors (Lipinski definition) is 2. The van der Waals surface area contributed by atoms with Crippen LogP contribution in [0, 0.1) is 0 Å². The highest BCUT2D eigenvalue weighted by molar-refractivity contribution is 5.16. The number of aliphatic hydroxyl groups excluding tert-OH is 1. The molecule has 10 heavy (non-hydrogen) atoms. The molecule has 0 saturated carbocycles. The summed E-state index contributed by atoms with van der Waals surface area (Å²) in [4.78, 5) is 0. The quantitative estimate of drug-likeness (QED) is 0.555. The molecule has 58 valence electrons. The van der Waals surface area contributed by atoms with E-state index in [0.717, 1.165) is 0 Å². The minimum absolute atomic E-state index is 0.426. The molecule has 0 radical (unpaired) electrons. The molecular weight excluding hydrogens is 128 g/mol. The molecule has 0 aromatic carbocycles. The fourth-order valence-electron chi connectivity index (χ4n) is 1.08. The third-order valence-corrected chi connectivity index (χ3v) is 1.97. The number of rotatable bonds is 1. The molecule has 1 heterocycles. The van der Waals surface area contributed by atoms with E-state index < -0.39 is 11.7 Å². The van der Waals surface area contributed by atoms with Crippen LogP contribution in [-0.4, -0.2) is 23.4 Å². The van der Waals surface area contributed by atoms with Crippen LogP contribution in [0.4, 0.5) is 0 Å².